The van der Waals surface area contributed by atoms with Crippen molar-refractivity contribution in [1.29, 1.82) is 0 Å². The Morgan fingerprint density at radius 2 is 2.00 bits per heavy atom. The van der Waals surface area contributed by atoms with Crippen molar-refractivity contribution in [3.8, 4) is 11.5 Å². The Balaban J connectivity index is 1.95. The lowest BCUT2D eigenvalue weighted by Crippen LogP contribution is -2.16. The predicted octanol–water partition coefficient (Wildman–Crippen LogP) is 3.72. The average Bonchev–Trinajstić information content (AvgIpc) is 2.98. The van der Waals surface area contributed by atoms with Crippen LogP contribution in [-0.2, 0) is 17.8 Å². The van der Waals surface area contributed by atoms with Crippen LogP contribution >= 0.6 is 11.3 Å². The molecule has 1 amide bonds. The number of methoxy groups -OCH3 is 2. The van der Waals surface area contributed by atoms with Crippen LogP contribution in [-0.4, -0.2) is 24.7 Å². The van der Waals surface area contributed by atoms with Gasteiger partial charge in [0.1, 0.15) is 5.82 Å². The average molecular weight is 386 g/mol. The first-order valence-corrected chi connectivity index (χ1v) is 9.05. The summed E-state index contributed by atoms with van der Waals surface area (Å²) in [6.45, 7) is 4.22. The molecule has 5 nitrogen and oxygen atoms in total. The van der Waals surface area contributed by atoms with Crippen molar-refractivity contribution in [1.82, 2.24) is 4.57 Å². The van der Waals surface area contributed by atoms with Gasteiger partial charge in [0.25, 0.3) is 5.91 Å². The number of thiazole rings is 1. The Morgan fingerprint density at radius 1 is 1.22 bits per heavy atom. The van der Waals surface area contributed by atoms with Crippen molar-refractivity contribution >= 4 is 27.5 Å². The van der Waals surface area contributed by atoms with Crippen molar-refractivity contribution in [3.05, 3.63) is 65.2 Å². The number of fused-ring (bicyclic) bond motifs is 1. The van der Waals surface area contributed by atoms with Crippen LogP contribution in [0, 0.1) is 5.82 Å². The van der Waals surface area contributed by atoms with Crippen LogP contribution in [0.25, 0.3) is 10.2 Å². The molecule has 3 rings (SSSR count). The van der Waals surface area contributed by atoms with Gasteiger partial charge in [-0.05, 0) is 35.9 Å². The molecule has 7 heteroatoms. The van der Waals surface area contributed by atoms with Gasteiger partial charge in [0, 0.05) is 6.54 Å². The van der Waals surface area contributed by atoms with Gasteiger partial charge < -0.3 is 14.0 Å². The maximum absolute atomic E-state index is 13.5. The second-order valence-electron chi connectivity index (χ2n) is 5.77. The third-order valence-corrected chi connectivity index (χ3v) is 5.02. The molecule has 1 aromatic heterocycles. The van der Waals surface area contributed by atoms with Gasteiger partial charge in [-0.15, -0.1) is 6.58 Å². The topological polar surface area (TPSA) is 52.8 Å². The highest BCUT2D eigenvalue weighted by Crippen LogP contribution is 2.27. The fourth-order valence-electron chi connectivity index (χ4n) is 2.75. The Hall–Kier alpha value is -2.93. The van der Waals surface area contributed by atoms with Crippen molar-refractivity contribution in [2.24, 2.45) is 4.99 Å². The van der Waals surface area contributed by atoms with Gasteiger partial charge in [0.05, 0.1) is 30.9 Å². The fraction of sp³-hybridized carbons (Fsp3) is 0.200. The maximum Gasteiger partial charge on any atom is 0.252 e. The van der Waals surface area contributed by atoms with Gasteiger partial charge in [0.2, 0.25) is 0 Å². The van der Waals surface area contributed by atoms with Gasteiger partial charge in [0.15, 0.2) is 16.3 Å². The first-order valence-electron chi connectivity index (χ1n) is 8.24. The monoisotopic (exact) mass is 386 g/mol. The van der Waals surface area contributed by atoms with Gasteiger partial charge in [-0.3, -0.25) is 4.79 Å². The number of benzene rings is 2. The summed E-state index contributed by atoms with van der Waals surface area (Å²) < 4.78 is 26.5. The predicted molar refractivity (Wildman–Crippen MR) is 104 cm³/mol. The number of carbonyl (C=O) groups excluding carboxylic acids is 1. The lowest BCUT2D eigenvalue weighted by Gasteiger charge is -2.08. The van der Waals surface area contributed by atoms with E-state index in [1.807, 2.05) is 4.57 Å². The minimum Gasteiger partial charge on any atom is -0.493 e. The van der Waals surface area contributed by atoms with Crippen LogP contribution in [0.5, 0.6) is 11.5 Å². The van der Waals surface area contributed by atoms with Crippen LogP contribution in [0.15, 0.2) is 54.0 Å². The molecule has 140 valence electrons. The maximum atomic E-state index is 13.5. The first kappa shape index (κ1) is 18.8. The van der Waals surface area contributed by atoms with Crippen molar-refractivity contribution in [2.45, 2.75) is 13.0 Å². The Morgan fingerprint density at radius 3 is 2.70 bits per heavy atom. The fourth-order valence-corrected chi connectivity index (χ4v) is 3.83. The highest BCUT2D eigenvalue weighted by Gasteiger charge is 2.10. The number of allylic oxidation sites excluding steroid dienone is 1. The van der Waals surface area contributed by atoms with Crippen LogP contribution in [0.4, 0.5) is 4.39 Å². The Bertz CT molecular complexity index is 1070. The first-order chi connectivity index (χ1) is 13.0. The molecular formula is C20H19FN2O3S. The molecule has 3 aromatic rings. The normalized spacial score (nSPS) is 11.6. The van der Waals surface area contributed by atoms with E-state index in [1.165, 1.54) is 23.5 Å². The van der Waals surface area contributed by atoms with Crippen molar-refractivity contribution < 1.29 is 18.7 Å². The van der Waals surface area contributed by atoms with Crippen LogP contribution < -0.4 is 14.3 Å². The number of hydrogen-bond donors (Lipinski definition) is 0. The molecule has 0 N–H and O–H groups in total. The van der Waals surface area contributed by atoms with E-state index in [2.05, 4.69) is 11.6 Å². The number of rotatable bonds is 6. The molecule has 0 unspecified atom stereocenters. The van der Waals surface area contributed by atoms with E-state index in [-0.39, 0.29) is 18.1 Å². The van der Waals surface area contributed by atoms with E-state index >= 15 is 0 Å². The van der Waals surface area contributed by atoms with Gasteiger partial charge in [-0.1, -0.05) is 23.5 Å². The third kappa shape index (κ3) is 4.09. The molecule has 0 fully saturated rings. The molecular weight excluding hydrogens is 367 g/mol. The quantitative estimate of drug-likeness (QED) is 0.607. The van der Waals surface area contributed by atoms with Gasteiger partial charge in [-0.2, -0.15) is 4.99 Å². The molecule has 0 spiro atoms. The van der Waals surface area contributed by atoms with E-state index in [0.29, 0.717) is 22.8 Å². The summed E-state index contributed by atoms with van der Waals surface area (Å²) >= 11 is 1.27. The van der Waals surface area contributed by atoms with Gasteiger partial charge >= 0.3 is 0 Å². The molecule has 2 aromatic carbocycles. The summed E-state index contributed by atoms with van der Waals surface area (Å²) in [5, 5.41) is 0. The molecule has 0 aliphatic carbocycles. The molecule has 1 heterocycles. The lowest BCUT2D eigenvalue weighted by atomic mass is 10.1. The summed E-state index contributed by atoms with van der Waals surface area (Å²) in [5.74, 6) is 0.535. The van der Waals surface area contributed by atoms with E-state index in [0.717, 1.165) is 15.8 Å². The summed E-state index contributed by atoms with van der Waals surface area (Å²) in [7, 11) is 3.10. The second kappa shape index (κ2) is 8.18. The van der Waals surface area contributed by atoms with Crippen LogP contribution in [0.1, 0.15) is 5.56 Å². The third-order valence-electron chi connectivity index (χ3n) is 3.98. The highest BCUT2D eigenvalue weighted by molar-refractivity contribution is 7.16. The SMILES string of the molecule is C=CCn1c(=NC(=O)Cc2ccc(OC)c(OC)c2)sc2cc(F)ccc21. The van der Waals surface area contributed by atoms with E-state index < -0.39 is 0 Å². The number of amides is 1. The number of halogens is 1. The minimum absolute atomic E-state index is 0.122. The lowest BCUT2D eigenvalue weighted by molar-refractivity contribution is -0.117. The summed E-state index contributed by atoms with van der Waals surface area (Å²) in [5.41, 5.74) is 1.59. The molecule has 0 radical (unpaired) electrons. The minimum atomic E-state index is -0.322. The molecule has 0 atom stereocenters. The smallest absolute Gasteiger partial charge is 0.252 e. The Labute approximate surface area is 160 Å². The highest BCUT2D eigenvalue weighted by atomic mass is 32.1. The summed E-state index contributed by atoms with van der Waals surface area (Å²) in [4.78, 5) is 17.2. The Kier molecular flexibility index (Phi) is 5.71. The zero-order chi connectivity index (χ0) is 19.4. The molecule has 0 saturated carbocycles. The van der Waals surface area contributed by atoms with Crippen molar-refractivity contribution in [2.75, 3.05) is 14.2 Å². The van der Waals surface area contributed by atoms with E-state index in [4.69, 9.17) is 9.47 Å². The van der Waals surface area contributed by atoms with E-state index in [1.54, 1.807) is 44.6 Å². The zero-order valence-electron chi connectivity index (χ0n) is 15.1. The van der Waals surface area contributed by atoms with Crippen molar-refractivity contribution in [3.63, 3.8) is 0 Å². The van der Waals surface area contributed by atoms with Crippen LogP contribution in [0.3, 0.4) is 0 Å². The standard InChI is InChI=1S/C20H19FN2O3S/c1-4-9-23-15-7-6-14(21)12-18(15)27-20(23)22-19(24)11-13-5-8-16(25-2)17(10-13)26-3/h4-8,10,12H,1,9,11H2,2-3H3. The molecule has 0 aliphatic heterocycles. The number of aromatic nitrogens is 1. The van der Waals surface area contributed by atoms with Crippen LogP contribution in [0.2, 0.25) is 0 Å². The largest absolute Gasteiger partial charge is 0.493 e. The molecule has 0 aliphatic rings. The molecule has 0 bridgehead atoms. The summed E-state index contributed by atoms with van der Waals surface area (Å²) in [6, 6.07) is 9.82. The number of carbonyl (C=O) groups is 1. The number of ether oxygens (including phenoxy) is 2. The van der Waals surface area contributed by atoms with Gasteiger partial charge in [-0.25, -0.2) is 4.39 Å². The summed E-state index contributed by atoms with van der Waals surface area (Å²) in [6.07, 6.45) is 1.84. The second-order valence-corrected chi connectivity index (χ2v) is 6.78. The molecule has 0 saturated heterocycles. The molecule has 27 heavy (non-hydrogen) atoms. The van der Waals surface area contributed by atoms with E-state index in [9.17, 15) is 9.18 Å². The number of hydrogen-bond acceptors (Lipinski definition) is 4. The number of nitrogens with zero attached hydrogens (tertiary/aromatic N) is 2. The zero-order valence-corrected chi connectivity index (χ0v) is 15.9.